The summed E-state index contributed by atoms with van der Waals surface area (Å²) in [6, 6.07) is 16.9. The molecular weight excluding hydrogens is 358 g/mol. The van der Waals surface area contributed by atoms with Crippen molar-refractivity contribution < 1.29 is 23.9 Å². The van der Waals surface area contributed by atoms with Crippen LogP contribution < -0.4 is 5.32 Å². The third-order valence-corrected chi connectivity index (χ3v) is 3.53. The van der Waals surface area contributed by atoms with Gasteiger partial charge in [0.2, 0.25) is 5.24 Å². The molecule has 0 spiro atoms. The molecule has 0 saturated heterocycles. The predicted octanol–water partition coefficient (Wildman–Crippen LogP) is 3.18. The average Bonchev–Trinajstić information content (AvgIpc) is 2.65. The fourth-order valence-electron chi connectivity index (χ4n) is 2.09. The lowest BCUT2D eigenvalue weighted by Gasteiger charge is -2.16. The molecule has 0 radical (unpaired) electrons. The zero-order valence-corrected chi connectivity index (χ0v) is 14.6. The molecule has 0 bridgehead atoms. The van der Waals surface area contributed by atoms with Crippen molar-refractivity contribution in [2.75, 3.05) is 0 Å². The van der Waals surface area contributed by atoms with E-state index in [1.165, 1.54) is 0 Å². The number of rotatable bonds is 8. The van der Waals surface area contributed by atoms with Crippen molar-refractivity contribution in [2.45, 2.75) is 25.7 Å². The fourth-order valence-corrected chi connectivity index (χ4v) is 2.24. The smallest absolute Gasteiger partial charge is 0.408 e. The minimum atomic E-state index is -1.22. The summed E-state index contributed by atoms with van der Waals surface area (Å²) in [6.45, 7) is 0.0562. The van der Waals surface area contributed by atoms with Gasteiger partial charge in [-0.3, -0.25) is 4.79 Å². The molecule has 2 aromatic carbocycles. The van der Waals surface area contributed by atoms with Crippen LogP contribution in [0.25, 0.3) is 0 Å². The van der Waals surface area contributed by atoms with Gasteiger partial charge < -0.3 is 14.8 Å². The van der Waals surface area contributed by atoms with Crippen LogP contribution in [-0.2, 0) is 32.3 Å². The Balaban J connectivity index is 1.87. The summed E-state index contributed by atoms with van der Waals surface area (Å²) < 4.78 is 10.2. The summed E-state index contributed by atoms with van der Waals surface area (Å²) in [6.07, 6.45) is -1.23. The van der Waals surface area contributed by atoms with E-state index in [4.69, 9.17) is 21.1 Å². The standard InChI is InChI=1S/C19H18ClNO5/c20-17(22)11-16(18(23)25-12-14-7-3-1-4-8-14)21-19(24)26-13-15-9-5-2-6-10-15/h1-10,16H,11-13H2,(H,21,24)/t16-/m0/s1. The van der Waals surface area contributed by atoms with Crippen molar-refractivity contribution in [3.8, 4) is 0 Å². The van der Waals surface area contributed by atoms with E-state index in [0.29, 0.717) is 0 Å². The summed E-state index contributed by atoms with van der Waals surface area (Å²) in [5.74, 6) is -0.764. The number of hydrogen-bond donors (Lipinski definition) is 1. The van der Waals surface area contributed by atoms with Gasteiger partial charge in [0.1, 0.15) is 19.3 Å². The molecule has 6 nitrogen and oxygen atoms in total. The first-order valence-electron chi connectivity index (χ1n) is 7.90. The van der Waals surface area contributed by atoms with Gasteiger partial charge >= 0.3 is 12.1 Å². The molecule has 0 aliphatic carbocycles. The molecule has 7 heteroatoms. The Hall–Kier alpha value is -2.86. The van der Waals surface area contributed by atoms with Gasteiger partial charge in [-0.15, -0.1) is 0 Å². The number of hydrogen-bond acceptors (Lipinski definition) is 5. The first-order chi connectivity index (χ1) is 12.5. The minimum Gasteiger partial charge on any atom is -0.459 e. The van der Waals surface area contributed by atoms with Crippen LogP contribution >= 0.6 is 11.6 Å². The quantitative estimate of drug-likeness (QED) is 0.566. The molecule has 0 fully saturated rings. The lowest BCUT2D eigenvalue weighted by atomic mass is 10.2. The Morgan fingerprint density at radius 2 is 1.35 bits per heavy atom. The lowest BCUT2D eigenvalue weighted by molar-refractivity contribution is -0.148. The van der Waals surface area contributed by atoms with Gasteiger partial charge in [0.15, 0.2) is 0 Å². The van der Waals surface area contributed by atoms with Crippen molar-refractivity contribution in [3.05, 3.63) is 71.8 Å². The molecule has 0 aliphatic heterocycles. The van der Waals surface area contributed by atoms with Gasteiger partial charge in [0.05, 0.1) is 6.42 Å². The minimum absolute atomic E-state index is 0.0212. The maximum absolute atomic E-state index is 12.2. The first kappa shape index (κ1) is 19.5. The Bertz CT molecular complexity index is 736. The number of amides is 1. The van der Waals surface area contributed by atoms with E-state index in [2.05, 4.69) is 5.32 Å². The van der Waals surface area contributed by atoms with Gasteiger partial charge in [-0.05, 0) is 22.7 Å². The highest BCUT2D eigenvalue weighted by Crippen LogP contribution is 2.06. The maximum atomic E-state index is 12.2. The molecule has 0 unspecified atom stereocenters. The molecule has 1 amide bonds. The number of nitrogens with one attached hydrogen (secondary N) is 1. The van der Waals surface area contributed by atoms with Crippen LogP contribution in [0.15, 0.2) is 60.7 Å². The van der Waals surface area contributed by atoms with Gasteiger partial charge in [-0.2, -0.15) is 0 Å². The Morgan fingerprint density at radius 3 is 1.85 bits per heavy atom. The number of esters is 1. The largest absolute Gasteiger partial charge is 0.459 e. The van der Waals surface area contributed by atoms with Crippen LogP contribution in [0.1, 0.15) is 17.5 Å². The number of halogens is 1. The molecule has 26 heavy (non-hydrogen) atoms. The molecule has 1 atom stereocenters. The van der Waals surface area contributed by atoms with Crippen molar-refractivity contribution in [1.82, 2.24) is 5.32 Å². The van der Waals surface area contributed by atoms with Gasteiger partial charge in [0.25, 0.3) is 0 Å². The summed E-state index contributed by atoms with van der Waals surface area (Å²) in [5, 5.41) is 1.55. The number of ether oxygens (including phenoxy) is 2. The van der Waals surface area contributed by atoms with Crippen molar-refractivity contribution in [1.29, 1.82) is 0 Å². The van der Waals surface area contributed by atoms with Crippen molar-refractivity contribution in [2.24, 2.45) is 0 Å². The van der Waals surface area contributed by atoms with Crippen LogP contribution in [0.2, 0.25) is 0 Å². The van der Waals surface area contributed by atoms with Gasteiger partial charge in [-0.1, -0.05) is 60.7 Å². The van der Waals surface area contributed by atoms with E-state index in [-0.39, 0.29) is 13.2 Å². The number of benzene rings is 2. The third kappa shape index (κ3) is 6.94. The van der Waals surface area contributed by atoms with Gasteiger partial charge in [-0.25, -0.2) is 9.59 Å². The van der Waals surface area contributed by atoms with E-state index >= 15 is 0 Å². The van der Waals surface area contributed by atoms with Crippen molar-refractivity contribution in [3.63, 3.8) is 0 Å². The summed E-state index contributed by atoms with van der Waals surface area (Å²) >= 11 is 5.35. The molecule has 0 saturated carbocycles. The third-order valence-electron chi connectivity index (χ3n) is 3.38. The monoisotopic (exact) mass is 375 g/mol. The van der Waals surface area contributed by atoms with Gasteiger partial charge in [0, 0.05) is 0 Å². The average molecular weight is 376 g/mol. The lowest BCUT2D eigenvalue weighted by Crippen LogP contribution is -2.43. The summed E-state index contributed by atoms with van der Waals surface area (Å²) in [7, 11) is 0. The molecular formula is C19H18ClNO5. The Labute approximate surface area is 156 Å². The molecule has 2 aromatic rings. The van der Waals surface area contributed by atoms with Crippen molar-refractivity contribution >= 4 is 28.9 Å². The van der Waals surface area contributed by atoms with Crippen LogP contribution in [0, 0.1) is 0 Å². The summed E-state index contributed by atoms with van der Waals surface area (Å²) in [4.78, 5) is 35.2. The van der Waals surface area contributed by atoms with E-state index in [1.54, 1.807) is 24.3 Å². The van der Waals surface area contributed by atoms with E-state index in [1.807, 2.05) is 36.4 Å². The predicted molar refractivity (Wildman–Crippen MR) is 95.3 cm³/mol. The SMILES string of the molecule is O=C(Cl)C[C@H](NC(=O)OCc1ccccc1)C(=O)OCc1ccccc1. The molecule has 0 aliphatic rings. The zero-order chi connectivity index (χ0) is 18.8. The maximum Gasteiger partial charge on any atom is 0.408 e. The highest BCUT2D eigenvalue weighted by molar-refractivity contribution is 6.63. The molecule has 0 aromatic heterocycles. The highest BCUT2D eigenvalue weighted by Gasteiger charge is 2.25. The van der Waals surface area contributed by atoms with E-state index in [0.717, 1.165) is 11.1 Å². The summed E-state index contributed by atoms with van der Waals surface area (Å²) in [5.41, 5.74) is 1.57. The highest BCUT2D eigenvalue weighted by atomic mass is 35.5. The molecule has 2 rings (SSSR count). The Kier molecular flexibility index (Phi) is 7.64. The Morgan fingerprint density at radius 1 is 0.846 bits per heavy atom. The molecule has 136 valence electrons. The second-order valence-electron chi connectivity index (χ2n) is 5.41. The van der Waals surface area contributed by atoms with E-state index < -0.39 is 29.8 Å². The normalized spacial score (nSPS) is 11.3. The molecule has 1 N–H and O–H groups in total. The van der Waals surface area contributed by atoms with Crippen LogP contribution in [-0.4, -0.2) is 23.3 Å². The number of carbonyl (C=O) groups is 3. The fraction of sp³-hybridized carbons (Fsp3) is 0.211. The van der Waals surface area contributed by atoms with Crippen LogP contribution in [0.4, 0.5) is 4.79 Å². The zero-order valence-electron chi connectivity index (χ0n) is 13.9. The number of carbonyl (C=O) groups excluding carboxylic acids is 3. The van der Waals surface area contributed by atoms with Crippen LogP contribution in [0.5, 0.6) is 0 Å². The second kappa shape index (κ2) is 10.2. The van der Waals surface area contributed by atoms with Crippen LogP contribution in [0.3, 0.4) is 0 Å². The second-order valence-corrected chi connectivity index (χ2v) is 5.83. The number of alkyl carbamates (subject to hydrolysis) is 1. The molecule has 0 heterocycles. The topological polar surface area (TPSA) is 81.7 Å². The first-order valence-corrected chi connectivity index (χ1v) is 8.28. The van der Waals surface area contributed by atoms with E-state index in [9.17, 15) is 14.4 Å².